The van der Waals surface area contributed by atoms with Crippen molar-refractivity contribution in [3.8, 4) is 11.5 Å². The molecule has 2 N–H and O–H groups in total. The van der Waals surface area contributed by atoms with E-state index in [0.29, 0.717) is 38.2 Å². The Labute approximate surface area is 130 Å². The number of hydrogen-bond donors (Lipinski definition) is 2. The lowest BCUT2D eigenvalue weighted by atomic mass is 9.77. The number of sulfonamides is 1. The van der Waals surface area contributed by atoms with Crippen molar-refractivity contribution >= 4 is 10.0 Å². The van der Waals surface area contributed by atoms with E-state index < -0.39 is 10.0 Å². The normalized spacial score (nSPS) is 25.4. The molecule has 0 bridgehead atoms. The third-order valence-corrected chi connectivity index (χ3v) is 5.80. The molecule has 1 atom stereocenters. The number of para-hydroxylation sites is 1. The quantitative estimate of drug-likeness (QED) is 0.851. The minimum absolute atomic E-state index is 0.114. The predicted octanol–water partition coefficient (Wildman–Crippen LogP) is 1.29. The minimum Gasteiger partial charge on any atom is -0.486 e. The number of fused-ring (bicyclic) bond motifs is 1. The van der Waals surface area contributed by atoms with Crippen LogP contribution in [-0.2, 0) is 10.0 Å². The molecule has 1 fully saturated rings. The molecule has 1 saturated carbocycles. The summed E-state index contributed by atoms with van der Waals surface area (Å²) in [5.74, 6) is 0.928. The highest BCUT2D eigenvalue weighted by atomic mass is 32.2. The molecule has 3 rings (SSSR count). The van der Waals surface area contributed by atoms with Gasteiger partial charge in [0.25, 0.3) is 0 Å². The number of hydrogen-bond acceptors (Lipinski definition) is 5. The lowest BCUT2D eigenvalue weighted by Gasteiger charge is -2.37. The van der Waals surface area contributed by atoms with Gasteiger partial charge in [0.15, 0.2) is 11.5 Å². The molecule has 1 aromatic carbocycles. The molecule has 1 aromatic rings. The molecular formula is C15H21NO5S. The first-order valence-electron chi connectivity index (χ1n) is 7.60. The summed E-state index contributed by atoms with van der Waals surface area (Å²) in [6, 6.07) is 4.70. The Morgan fingerprint density at radius 1 is 1.32 bits per heavy atom. The fourth-order valence-corrected chi connectivity index (χ4v) is 4.54. The zero-order valence-corrected chi connectivity index (χ0v) is 13.3. The average molecular weight is 327 g/mol. The smallest absolute Gasteiger partial charge is 0.244 e. The van der Waals surface area contributed by atoms with Crippen LogP contribution >= 0.6 is 0 Å². The highest BCUT2D eigenvalue weighted by Crippen LogP contribution is 2.37. The molecule has 6 nitrogen and oxygen atoms in total. The van der Waals surface area contributed by atoms with Crippen LogP contribution in [0.1, 0.15) is 26.2 Å². The maximum atomic E-state index is 12.7. The standard InChI is InChI=1S/C15H21NO5S/c1-2-12(10-8-11(17)9-10)16-22(18,19)14-5-3-4-13-15(14)21-7-6-20-13/h3-5,10-12,16-17H,2,6-9H2,1H3/t10?,11?,12-/m1/s1. The summed E-state index contributed by atoms with van der Waals surface area (Å²) in [6.45, 7) is 2.70. The Morgan fingerprint density at radius 3 is 2.73 bits per heavy atom. The predicted molar refractivity (Wildman–Crippen MR) is 80.6 cm³/mol. The maximum Gasteiger partial charge on any atom is 0.244 e. The van der Waals surface area contributed by atoms with Gasteiger partial charge in [0.05, 0.1) is 6.10 Å². The second-order valence-corrected chi connectivity index (χ2v) is 7.48. The van der Waals surface area contributed by atoms with Gasteiger partial charge in [0.2, 0.25) is 10.0 Å². The molecular weight excluding hydrogens is 306 g/mol. The van der Waals surface area contributed by atoms with Crippen molar-refractivity contribution in [1.82, 2.24) is 4.72 Å². The van der Waals surface area contributed by atoms with Gasteiger partial charge in [0.1, 0.15) is 18.1 Å². The molecule has 0 spiro atoms. The first-order chi connectivity index (χ1) is 10.5. The highest BCUT2D eigenvalue weighted by molar-refractivity contribution is 7.89. The van der Waals surface area contributed by atoms with Crippen molar-refractivity contribution < 1.29 is 23.0 Å². The van der Waals surface area contributed by atoms with Gasteiger partial charge in [-0.15, -0.1) is 0 Å². The minimum atomic E-state index is -3.69. The van der Waals surface area contributed by atoms with Gasteiger partial charge in [-0.1, -0.05) is 13.0 Å². The molecule has 122 valence electrons. The van der Waals surface area contributed by atoms with Crippen molar-refractivity contribution in [2.45, 2.75) is 43.2 Å². The van der Waals surface area contributed by atoms with Crippen LogP contribution in [0.5, 0.6) is 11.5 Å². The fourth-order valence-electron chi connectivity index (χ4n) is 2.99. The van der Waals surface area contributed by atoms with Crippen LogP contribution in [0, 0.1) is 5.92 Å². The van der Waals surface area contributed by atoms with Gasteiger partial charge >= 0.3 is 0 Å². The SMILES string of the molecule is CC[C@@H](NS(=O)(=O)c1cccc2c1OCCO2)C1CC(O)C1. The van der Waals surface area contributed by atoms with Gasteiger partial charge in [-0.05, 0) is 37.3 Å². The summed E-state index contributed by atoms with van der Waals surface area (Å²) in [6.07, 6.45) is 1.68. The summed E-state index contributed by atoms with van der Waals surface area (Å²) < 4.78 is 39.1. The van der Waals surface area contributed by atoms with E-state index in [1.165, 1.54) is 6.07 Å². The molecule has 1 aliphatic carbocycles. The van der Waals surface area contributed by atoms with Crippen LogP contribution in [0.3, 0.4) is 0 Å². The zero-order valence-electron chi connectivity index (χ0n) is 12.5. The van der Waals surface area contributed by atoms with Gasteiger partial charge in [-0.3, -0.25) is 0 Å². The Hall–Kier alpha value is -1.31. The Kier molecular flexibility index (Phi) is 4.29. The second kappa shape index (κ2) is 6.06. The van der Waals surface area contributed by atoms with E-state index in [9.17, 15) is 13.5 Å². The van der Waals surface area contributed by atoms with Gasteiger partial charge in [-0.25, -0.2) is 13.1 Å². The molecule has 0 saturated heterocycles. The molecule has 7 heteroatoms. The maximum absolute atomic E-state index is 12.7. The third-order valence-electron chi connectivity index (χ3n) is 4.28. The number of rotatable bonds is 5. The summed E-state index contributed by atoms with van der Waals surface area (Å²) in [5.41, 5.74) is 0. The number of nitrogens with one attached hydrogen (secondary N) is 1. The van der Waals surface area contributed by atoms with E-state index in [1.54, 1.807) is 12.1 Å². The summed E-state index contributed by atoms with van der Waals surface area (Å²) >= 11 is 0. The van der Waals surface area contributed by atoms with E-state index >= 15 is 0 Å². The first kappa shape index (κ1) is 15.6. The number of aliphatic hydroxyl groups excluding tert-OH is 1. The van der Waals surface area contributed by atoms with Crippen LogP contribution in [0.15, 0.2) is 23.1 Å². The van der Waals surface area contributed by atoms with Crippen molar-refractivity contribution in [2.75, 3.05) is 13.2 Å². The van der Waals surface area contributed by atoms with E-state index in [4.69, 9.17) is 9.47 Å². The lowest BCUT2D eigenvalue weighted by molar-refractivity contribution is 0.0277. The lowest BCUT2D eigenvalue weighted by Crippen LogP contribution is -2.46. The van der Waals surface area contributed by atoms with Crippen LogP contribution in [0.2, 0.25) is 0 Å². The third kappa shape index (κ3) is 2.93. The summed E-state index contributed by atoms with van der Waals surface area (Å²) in [7, 11) is -3.69. The summed E-state index contributed by atoms with van der Waals surface area (Å²) in [5, 5.41) is 9.42. The van der Waals surface area contributed by atoms with E-state index in [-0.39, 0.29) is 28.7 Å². The van der Waals surface area contributed by atoms with Crippen molar-refractivity contribution in [3.63, 3.8) is 0 Å². The van der Waals surface area contributed by atoms with Crippen LogP contribution in [-0.4, -0.2) is 38.9 Å². The molecule has 1 aliphatic heterocycles. The second-order valence-electron chi connectivity index (χ2n) is 5.80. The molecule has 2 aliphatic rings. The van der Waals surface area contributed by atoms with Crippen molar-refractivity contribution in [1.29, 1.82) is 0 Å². The Bertz CT molecular complexity index is 639. The zero-order chi connectivity index (χ0) is 15.7. The van der Waals surface area contributed by atoms with Crippen LogP contribution in [0.25, 0.3) is 0 Å². The van der Waals surface area contributed by atoms with Crippen LogP contribution < -0.4 is 14.2 Å². The Balaban J connectivity index is 1.83. The fraction of sp³-hybridized carbons (Fsp3) is 0.600. The number of ether oxygens (including phenoxy) is 2. The summed E-state index contributed by atoms with van der Waals surface area (Å²) in [4.78, 5) is 0.114. The number of benzene rings is 1. The molecule has 0 amide bonds. The highest BCUT2D eigenvalue weighted by Gasteiger charge is 2.36. The van der Waals surface area contributed by atoms with Gasteiger partial charge in [-0.2, -0.15) is 0 Å². The Morgan fingerprint density at radius 2 is 2.05 bits per heavy atom. The van der Waals surface area contributed by atoms with Gasteiger partial charge < -0.3 is 14.6 Å². The molecule has 0 radical (unpaired) electrons. The molecule has 1 heterocycles. The number of aliphatic hydroxyl groups is 1. The molecule has 0 aromatic heterocycles. The topological polar surface area (TPSA) is 84.9 Å². The van der Waals surface area contributed by atoms with Crippen LogP contribution in [0.4, 0.5) is 0 Å². The van der Waals surface area contributed by atoms with Crippen molar-refractivity contribution in [2.24, 2.45) is 5.92 Å². The van der Waals surface area contributed by atoms with E-state index in [2.05, 4.69) is 4.72 Å². The molecule has 22 heavy (non-hydrogen) atoms. The van der Waals surface area contributed by atoms with E-state index in [0.717, 1.165) is 0 Å². The van der Waals surface area contributed by atoms with E-state index in [1.807, 2.05) is 6.92 Å². The van der Waals surface area contributed by atoms with Gasteiger partial charge in [0, 0.05) is 6.04 Å². The van der Waals surface area contributed by atoms with Crippen molar-refractivity contribution in [3.05, 3.63) is 18.2 Å². The monoisotopic (exact) mass is 327 g/mol. The first-order valence-corrected chi connectivity index (χ1v) is 9.08. The largest absolute Gasteiger partial charge is 0.486 e. The molecule has 0 unspecified atom stereocenters. The average Bonchev–Trinajstić information content (AvgIpc) is 2.49.